The van der Waals surface area contributed by atoms with Gasteiger partial charge in [-0.05, 0) is 6.07 Å². The zero-order valence-corrected chi connectivity index (χ0v) is 8.34. The molecule has 1 aromatic carbocycles. The van der Waals surface area contributed by atoms with E-state index < -0.39 is 21.7 Å². The van der Waals surface area contributed by atoms with Crippen LogP contribution in [0.1, 0.15) is 0 Å². The molecule has 1 heterocycles. The first-order valence-corrected chi connectivity index (χ1v) is 4.54. The van der Waals surface area contributed by atoms with Gasteiger partial charge >= 0.3 is 0 Å². The Bertz CT molecular complexity index is 735. The van der Waals surface area contributed by atoms with Crippen LogP contribution in [0.15, 0.2) is 33.9 Å². The molecule has 0 spiro atoms. The summed E-state index contributed by atoms with van der Waals surface area (Å²) in [4.78, 5) is 34.6. The van der Waals surface area contributed by atoms with Gasteiger partial charge in [-0.3, -0.25) is 19.7 Å². The molecule has 2 N–H and O–H groups in total. The Morgan fingerprint density at radius 3 is 2.65 bits per heavy atom. The second-order valence-corrected chi connectivity index (χ2v) is 3.30. The molecule has 0 unspecified atom stereocenters. The summed E-state index contributed by atoms with van der Waals surface area (Å²) in [5.74, 6) is -0.601. The normalized spacial score (nSPS) is 10.4. The number of aromatic hydroxyl groups is 1. The highest BCUT2D eigenvalue weighted by Crippen LogP contribution is 2.29. The molecule has 0 aliphatic heterocycles. The summed E-state index contributed by atoms with van der Waals surface area (Å²) >= 11 is 0. The summed E-state index contributed by atoms with van der Waals surface area (Å²) in [6.07, 6.45) is 0. The topological polar surface area (TPSA) is 113 Å². The highest BCUT2D eigenvalue weighted by Gasteiger charge is 2.15. The van der Waals surface area contributed by atoms with Crippen LogP contribution in [0.2, 0.25) is 0 Å². The van der Waals surface area contributed by atoms with Crippen LogP contribution < -0.4 is 11.0 Å². The lowest BCUT2D eigenvalue weighted by molar-refractivity contribution is -0.383. The molecular weight excluding hydrogens is 228 g/mol. The van der Waals surface area contributed by atoms with Crippen molar-refractivity contribution in [1.29, 1.82) is 0 Å². The summed E-state index contributed by atoms with van der Waals surface area (Å²) < 4.78 is 0. The third-order valence-electron chi connectivity index (χ3n) is 2.24. The maximum absolute atomic E-state index is 11.2. The molecule has 7 heteroatoms. The summed E-state index contributed by atoms with van der Waals surface area (Å²) in [5.41, 5.74) is -2.26. The van der Waals surface area contributed by atoms with E-state index in [0.717, 1.165) is 0 Å². The second-order valence-electron chi connectivity index (χ2n) is 3.30. The van der Waals surface area contributed by atoms with Crippen LogP contribution in [0, 0.1) is 10.1 Å². The van der Waals surface area contributed by atoms with Gasteiger partial charge in [0.05, 0.1) is 10.4 Å². The van der Waals surface area contributed by atoms with Gasteiger partial charge < -0.3 is 10.1 Å². The van der Waals surface area contributed by atoms with Crippen molar-refractivity contribution in [2.75, 3.05) is 0 Å². The Kier molecular flexibility index (Phi) is 2.36. The molecule has 86 valence electrons. The highest BCUT2D eigenvalue weighted by molar-refractivity contribution is 5.92. The van der Waals surface area contributed by atoms with Crippen molar-refractivity contribution in [2.24, 2.45) is 0 Å². The zero-order chi connectivity index (χ0) is 12.6. The van der Waals surface area contributed by atoms with Crippen LogP contribution in [-0.4, -0.2) is 15.0 Å². The van der Waals surface area contributed by atoms with E-state index in [4.69, 9.17) is 0 Å². The van der Waals surface area contributed by atoms with Crippen LogP contribution >= 0.6 is 0 Å². The molecule has 7 nitrogen and oxygen atoms in total. The van der Waals surface area contributed by atoms with E-state index in [9.17, 15) is 24.8 Å². The SMILES string of the molecule is O=c1cc(O)c2c([N+](=O)[O-])cccc2[nH]c1=O. The van der Waals surface area contributed by atoms with Crippen molar-refractivity contribution >= 4 is 16.6 Å². The van der Waals surface area contributed by atoms with E-state index in [1.165, 1.54) is 18.2 Å². The first kappa shape index (κ1) is 10.8. The fraction of sp³-hybridized carbons (Fsp3) is 0. The number of H-pyrrole nitrogens is 1. The van der Waals surface area contributed by atoms with Crippen LogP contribution in [0.4, 0.5) is 5.69 Å². The van der Waals surface area contributed by atoms with Crippen LogP contribution in [0.5, 0.6) is 5.75 Å². The first-order valence-electron chi connectivity index (χ1n) is 4.54. The molecule has 0 bridgehead atoms. The molecule has 0 saturated heterocycles. The molecule has 0 atom stereocenters. The maximum Gasteiger partial charge on any atom is 0.296 e. The van der Waals surface area contributed by atoms with Gasteiger partial charge in [0, 0.05) is 12.1 Å². The third kappa shape index (κ3) is 1.73. The van der Waals surface area contributed by atoms with Gasteiger partial charge in [0.25, 0.3) is 11.2 Å². The minimum Gasteiger partial charge on any atom is -0.507 e. The maximum atomic E-state index is 11.2. The molecule has 0 aliphatic carbocycles. The summed E-state index contributed by atoms with van der Waals surface area (Å²) in [6, 6.07) is 4.54. The minimum absolute atomic E-state index is 0.0313. The molecule has 0 radical (unpaired) electrons. The van der Waals surface area contributed by atoms with E-state index in [-0.39, 0.29) is 16.6 Å². The number of non-ortho nitro benzene ring substituents is 1. The zero-order valence-electron chi connectivity index (χ0n) is 8.34. The van der Waals surface area contributed by atoms with Crippen molar-refractivity contribution < 1.29 is 10.0 Å². The number of nitrogens with zero attached hydrogens (tertiary/aromatic N) is 1. The van der Waals surface area contributed by atoms with Crippen molar-refractivity contribution in [3.05, 3.63) is 55.0 Å². The molecule has 17 heavy (non-hydrogen) atoms. The minimum atomic E-state index is -0.965. The molecule has 0 aliphatic rings. The smallest absolute Gasteiger partial charge is 0.296 e. The van der Waals surface area contributed by atoms with Gasteiger partial charge in [0.15, 0.2) is 0 Å². The van der Waals surface area contributed by atoms with Gasteiger partial charge in [0.1, 0.15) is 11.1 Å². The highest BCUT2D eigenvalue weighted by atomic mass is 16.6. The standard InChI is InChI=1S/C10H6N2O5/c13-7-4-8(14)10(15)11-5-2-1-3-6(9(5)7)12(16)17/h1-4,13H,(H,11,14,15). The van der Waals surface area contributed by atoms with Crippen LogP contribution in [-0.2, 0) is 0 Å². The monoisotopic (exact) mass is 234 g/mol. The van der Waals surface area contributed by atoms with Gasteiger partial charge in [0.2, 0.25) is 5.43 Å². The molecule has 0 saturated carbocycles. The van der Waals surface area contributed by atoms with Crippen molar-refractivity contribution in [3.63, 3.8) is 0 Å². The number of nitrogens with one attached hydrogen (secondary N) is 1. The molecular formula is C10H6N2O5. The lowest BCUT2D eigenvalue weighted by Gasteiger charge is -1.96. The summed E-state index contributed by atoms with van der Waals surface area (Å²) in [7, 11) is 0. The Balaban J connectivity index is 3.13. The number of hydrogen-bond donors (Lipinski definition) is 2. The van der Waals surface area contributed by atoms with E-state index in [2.05, 4.69) is 4.98 Å². The van der Waals surface area contributed by atoms with Gasteiger partial charge in [-0.15, -0.1) is 0 Å². The number of aromatic nitrogens is 1. The largest absolute Gasteiger partial charge is 0.507 e. The first-order chi connectivity index (χ1) is 8.00. The van der Waals surface area contributed by atoms with E-state index in [0.29, 0.717) is 6.07 Å². The van der Waals surface area contributed by atoms with Crippen molar-refractivity contribution in [1.82, 2.24) is 4.98 Å². The molecule has 2 aromatic rings. The lowest BCUT2D eigenvalue weighted by Crippen LogP contribution is -2.22. The average Bonchev–Trinajstić information content (AvgIpc) is 2.37. The Morgan fingerprint density at radius 2 is 2.00 bits per heavy atom. The fourth-order valence-corrected chi connectivity index (χ4v) is 1.51. The summed E-state index contributed by atoms with van der Waals surface area (Å²) in [6.45, 7) is 0. The van der Waals surface area contributed by atoms with Crippen molar-refractivity contribution in [3.8, 4) is 5.75 Å². The van der Waals surface area contributed by atoms with Gasteiger partial charge in [-0.1, -0.05) is 6.07 Å². The molecule has 0 fully saturated rings. The summed E-state index contributed by atoms with van der Waals surface area (Å²) in [5, 5.41) is 20.2. The average molecular weight is 234 g/mol. The third-order valence-corrected chi connectivity index (χ3v) is 2.24. The number of nitro benzene ring substituents is 1. The van der Waals surface area contributed by atoms with Crippen LogP contribution in [0.3, 0.4) is 0 Å². The van der Waals surface area contributed by atoms with E-state index in [1.807, 2.05) is 0 Å². The Morgan fingerprint density at radius 1 is 1.29 bits per heavy atom. The molecule has 2 rings (SSSR count). The Hall–Kier alpha value is -2.70. The number of aromatic amines is 1. The number of benzene rings is 1. The fourth-order valence-electron chi connectivity index (χ4n) is 1.51. The number of rotatable bonds is 1. The number of nitro groups is 1. The predicted octanol–water partition coefficient (Wildman–Crippen LogP) is 0.502. The lowest BCUT2D eigenvalue weighted by atomic mass is 10.2. The van der Waals surface area contributed by atoms with E-state index in [1.54, 1.807) is 0 Å². The molecule has 1 aromatic heterocycles. The Labute approximate surface area is 93.1 Å². The number of hydrogen-bond acceptors (Lipinski definition) is 5. The van der Waals surface area contributed by atoms with Crippen LogP contribution in [0.25, 0.3) is 10.9 Å². The van der Waals surface area contributed by atoms with Gasteiger partial charge in [-0.2, -0.15) is 0 Å². The van der Waals surface area contributed by atoms with E-state index >= 15 is 0 Å². The number of fused-ring (bicyclic) bond motifs is 1. The van der Waals surface area contributed by atoms with Crippen molar-refractivity contribution in [2.45, 2.75) is 0 Å². The van der Waals surface area contributed by atoms with Gasteiger partial charge in [-0.25, -0.2) is 0 Å². The predicted molar refractivity (Wildman–Crippen MR) is 59.2 cm³/mol. The molecule has 0 amide bonds. The quantitative estimate of drug-likeness (QED) is 0.423. The second kappa shape index (κ2) is 3.71.